The number of hydrogen-bond acceptors (Lipinski definition) is 2. The van der Waals surface area contributed by atoms with Gasteiger partial charge in [-0.05, 0) is 11.6 Å². The molecule has 1 aliphatic heterocycles. The maximum absolute atomic E-state index is 12.0. The number of phenols is 1. The van der Waals surface area contributed by atoms with Crippen LogP contribution in [0.3, 0.4) is 0 Å². The van der Waals surface area contributed by atoms with Gasteiger partial charge < -0.3 is 10.4 Å². The zero-order valence-electron chi connectivity index (χ0n) is 10.1. The predicted octanol–water partition coefficient (Wildman–Crippen LogP) is 2.65. The van der Waals surface area contributed by atoms with Crippen molar-refractivity contribution in [2.75, 3.05) is 5.32 Å². The Morgan fingerprint density at radius 3 is 2.38 bits per heavy atom. The molecule has 86 valence electrons. The molecule has 16 heavy (non-hydrogen) atoms. The van der Waals surface area contributed by atoms with Gasteiger partial charge in [-0.25, -0.2) is 0 Å². The van der Waals surface area contributed by atoms with Crippen LogP contribution in [0, 0.1) is 5.41 Å². The number of benzene rings is 1. The summed E-state index contributed by atoms with van der Waals surface area (Å²) >= 11 is 0. The van der Waals surface area contributed by atoms with Gasteiger partial charge in [0, 0.05) is 17.2 Å². The molecule has 1 aromatic rings. The highest BCUT2D eigenvalue weighted by Crippen LogP contribution is 2.48. The minimum absolute atomic E-state index is 0.00407. The Morgan fingerprint density at radius 2 is 1.75 bits per heavy atom. The van der Waals surface area contributed by atoms with E-state index < -0.39 is 5.41 Å². The third kappa shape index (κ3) is 1.24. The number of nitrogens with one attached hydrogen (secondary N) is 1. The maximum atomic E-state index is 12.0. The van der Waals surface area contributed by atoms with Crippen molar-refractivity contribution < 1.29 is 9.90 Å². The summed E-state index contributed by atoms with van der Waals surface area (Å²) in [6, 6.07) is 5.14. The molecule has 1 aliphatic rings. The highest BCUT2D eigenvalue weighted by molar-refractivity contribution is 5.99. The largest absolute Gasteiger partial charge is 0.508 e. The van der Waals surface area contributed by atoms with Crippen LogP contribution in [-0.4, -0.2) is 11.0 Å². The molecule has 0 saturated carbocycles. The monoisotopic (exact) mass is 219 g/mol. The molecule has 0 radical (unpaired) electrons. The van der Waals surface area contributed by atoms with Crippen LogP contribution < -0.4 is 5.32 Å². The Hall–Kier alpha value is -1.51. The summed E-state index contributed by atoms with van der Waals surface area (Å²) in [4.78, 5) is 12.0. The molecule has 1 heterocycles. The molecule has 0 aromatic heterocycles. The molecule has 0 bridgehead atoms. The Balaban J connectivity index is 2.67. The molecular formula is C13H17NO2. The lowest BCUT2D eigenvalue weighted by Crippen LogP contribution is -2.49. The first kappa shape index (κ1) is 11.0. The molecule has 0 spiro atoms. The van der Waals surface area contributed by atoms with Crippen LogP contribution in [0.1, 0.15) is 33.3 Å². The fourth-order valence-corrected chi connectivity index (χ4v) is 2.08. The molecule has 3 heteroatoms. The van der Waals surface area contributed by atoms with E-state index in [1.165, 1.54) is 0 Å². The van der Waals surface area contributed by atoms with E-state index in [-0.39, 0.29) is 17.1 Å². The highest BCUT2D eigenvalue weighted by atomic mass is 16.3. The fraction of sp³-hybridized carbons (Fsp3) is 0.462. The lowest BCUT2D eigenvalue weighted by Gasteiger charge is -2.45. The van der Waals surface area contributed by atoms with Gasteiger partial charge >= 0.3 is 0 Å². The van der Waals surface area contributed by atoms with E-state index in [0.29, 0.717) is 5.69 Å². The molecular weight excluding hydrogens is 202 g/mol. The van der Waals surface area contributed by atoms with Gasteiger partial charge in [-0.2, -0.15) is 0 Å². The molecule has 1 aromatic carbocycles. The van der Waals surface area contributed by atoms with Crippen molar-refractivity contribution in [2.45, 2.75) is 33.1 Å². The van der Waals surface area contributed by atoms with Crippen molar-refractivity contribution >= 4 is 11.6 Å². The van der Waals surface area contributed by atoms with E-state index in [2.05, 4.69) is 19.2 Å². The number of anilines is 1. The van der Waals surface area contributed by atoms with Crippen molar-refractivity contribution in [1.29, 1.82) is 0 Å². The van der Waals surface area contributed by atoms with Gasteiger partial charge in [0.05, 0.1) is 5.41 Å². The maximum Gasteiger partial charge on any atom is 0.230 e. The summed E-state index contributed by atoms with van der Waals surface area (Å²) in [6.07, 6.45) is 0. The van der Waals surface area contributed by atoms with E-state index in [1.54, 1.807) is 12.1 Å². The quantitative estimate of drug-likeness (QED) is 0.704. The SMILES string of the molecule is CC1(C)C(=O)Nc2cc(O)ccc2C1(C)C. The van der Waals surface area contributed by atoms with Crippen LogP contribution in [0.2, 0.25) is 0 Å². The summed E-state index contributed by atoms with van der Waals surface area (Å²) in [7, 11) is 0. The van der Waals surface area contributed by atoms with Crippen LogP contribution in [0.5, 0.6) is 5.75 Å². The minimum atomic E-state index is -0.461. The summed E-state index contributed by atoms with van der Waals surface area (Å²) < 4.78 is 0. The Morgan fingerprint density at radius 1 is 1.12 bits per heavy atom. The van der Waals surface area contributed by atoms with Crippen LogP contribution in [0.4, 0.5) is 5.69 Å². The van der Waals surface area contributed by atoms with Gasteiger partial charge in [0.1, 0.15) is 5.75 Å². The number of hydrogen-bond donors (Lipinski definition) is 2. The van der Waals surface area contributed by atoms with E-state index in [1.807, 2.05) is 19.9 Å². The zero-order valence-corrected chi connectivity index (χ0v) is 10.1. The van der Waals surface area contributed by atoms with E-state index >= 15 is 0 Å². The standard InChI is InChI=1S/C13H17NO2/c1-12(2)9-6-5-8(15)7-10(9)14-11(16)13(12,3)4/h5-7,15H,1-4H3,(H,14,16). The topological polar surface area (TPSA) is 49.3 Å². The molecule has 3 nitrogen and oxygen atoms in total. The Labute approximate surface area is 95.5 Å². The van der Waals surface area contributed by atoms with Gasteiger partial charge in [0.15, 0.2) is 0 Å². The first-order valence-electron chi connectivity index (χ1n) is 5.42. The molecule has 0 fully saturated rings. The van der Waals surface area contributed by atoms with Gasteiger partial charge in [-0.1, -0.05) is 33.8 Å². The smallest absolute Gasteiger partial charge is 0.230 e. The second-order valence-corrected chi connectivity index (χ2v) is 5.43. The van der Waals surface area contributed by atoms with Gasteiger partial charge in [-0.15, -0.1) is 0 Å². The number of phenolic OH excluding ortho intramolecular Hbond substituents is 1. The normalized spacial score (nSPS) is 21.1. The van der Waals surface area contributed by atoms with E-state index in [0.717, 1.165) is 5.56 Å². The average molecular weight is 219 g/mol. The first-order chi connectivity index (χ1) is 7.26. The molecule has 2 N–H and O–H groups in total. The summed E-state index contributed by atoms with van der Waals surface area (Å²) in [6.45, 7) is 8.00. The van der Waals surface area contributed by atoms with Gasteiger partial charge in [0.2, 0.25) is 5.91 Å². The molecule has 1 amide bonds. The molecule has 2 rings (SSSR count). The second kappa shape index (κ2) is 3.00. The van der Waals surface area contributed by atoms with Gasteiger partial charge in [-0.3, -0.25) is 4.79 Å². The number of carbonyl (C=O) groups is 1. The summed E-state index contributed by atoms with van der Waals surface area (Å²) in [5.41, 5.74) is 1.07. The average Bonchev–Trinajstić information content (AvgIpc) is 2.15. The van der Waals surface area contributed by atoms with Crippen LogP contribution >= 0.6 is 0 Å². The van der Waals surface area contributed by atoms with Crippen LogP contribution in [0.25, 0.3) is 0 Å². The molecule has 0 aliphatic carbocycles. The van der Waals surface area contributed by atoms with Crippen molar-refractivity contribution in [3.05, 3.63) is 23.8 Å². The van der Waals surface area contributed by atoms with Crippen molar-refractivity contribution in [3.63, 3.8) is 0 Å². The van der Waals surface area contributed by atoms with Crippen molar-refractivity contribution in [3.8, 4) is 5.75 Å². The molecule has 0 unspecified atom stereocenters. The number of fused-ring (bicyclic) bond motifs is 1. The highest BCUT2D eigenvalue weighted by Gasteiger charge is 2.48. The van der Waals surface area contributed by atoms with E-state index in [9.17, 15) is 9.90 Å². The summed E-state index contributed by atoms with van der Waals surface area (Å²) in [5, 5.41) is 12.3. The number of rotatable bonds is 0. The second-order valence-electron chi connectivity index (χ2n) is 5.43. The number of carbonyl (C=O) groups excluding carboxylic acids is 1. The Kier molecular flexibility index (Phi) is 2.06. The minimum Gasteiger partial charge on any atom is -0.508 e. The number of amides is 1. The van der Waals surface area contributed by atoms with Gasteiger partial charge in [0.25, 0.3) is 0 Å². The summed E-state index contributed by atoms with van der Waals surface area (Å²) in [5.74, 6) is 0.171. The Bertz CT molecular complexity index is 461. The predicted molar refractivity (Wildman–Crippen MR) is 63.5 cm³/mol. The van der Waals surface area contributed by atoms with E-state index in [4.69, 9.17) is 0 Å². The lowest BCUT2D eigenvalue weighted by atomic mass is 9.61. The van der Waals surface area contributed by atoms with Crippen molar-refractivity contribution in [1.82, 2.24) is 0 Å². The van der Waals surface area contributed by atoms with Crippen LogP contribution in [-0.2, 0) is 10.2 Å². The lowest BCUT2D eigenvalue weighted by molar-refractivity contribution is -0.127. The fourth-order valence-electron chi connectivity index (χ4n) is 2.08. The number of aromatic hydroxyl groups is 1. The van der Waals surface area contributed by atoms with Crippen LogP contribution in [0.15, 0.2) is 18.2 Å². The third-order valence-electron chi connectivity index (χ3n) is 4.05. The third-order valence-corrected chi connectivity index (χ3v) is 4.05. The molecule has 0 saturated heterocycles. The molecule has 0 atom stereocenters. The first-order valence-corrected chi connectivity index (χ1v) is 5.42. The zero-order chi connectivity index (χ0) is 12.1. The van der Waals surface area contributed by atoms with Crippen molar-refractivity contribution in [2.24, 2.45) is 5.41 Å².